The molecule has 100 valence electrons. The van der Waals surface area contributed by atoms with Crippen molar-refractivity contribution >= 4 is 34.0 Å². The van der Waals surface area contributed by atoms with Crippen LogP contribution in [0.4, 0.5) is 5.82 Å². The summed E-state index contributed by atoms with van der Waals surface area (Å²) in [6.07, 6.45) is 0. The number of anilines is 1. The molecule has 4 aromatic rings. The average Bonchev–Trinajstić information content (AvgIpc) is 3.13. The molecule has 0 atom stereocenters. The van der Waals surface area contributed by atoms with Crippen molar-refractivity contribution in [3.05, 3.63) is 47.3 Å². The molecule has 5 nitrogen and oxygen atoms in total. The Morgan fingerprint density at radius 1 is 1.14 bits per heavy atom. The third-order valence-corrected chi connectivity index (χ3v) is 4.22. The predicted molar refractivity (Wildman–Crippen MR) is 82.9 cm³/mol. The van der Waals surface area contributed by atoms with E-state index in [0.717, 1.165) is 21.6 Å². The van der Waals surface area contributed by atoms with Crippen LogP contribution in [0, 0.1) is 11.3 Å². The summed E-state index contributed by atoms with van der Waals surface area (Å²) in [5.74, 6) is 0.722. The first-order valence-corrected chi connectivity index (χ1v) is 7.18. The maximum absolute atomic E-state index is 9.47. The highest BCUT2D eigenvalue weighted by molar-refractivity contribution is 7.13. The number of fused-ring (bicyclic) bond motifs is 3. The molecular formula is C15H9N5S. The molecule has 0 radical (unpaired) electrons. The molecule has 0 aliphatic carbocycles. The fraction of sp³-hybridized carbons (Fsp3) is 0. The van der Waals surface area contributed by atoms with E-state index in [0.29, 0.717) is 11.3 Å². The van der Waals surface area contributed by atoms with Gasteiger partial charge in [-0.2, -0.15) is 10.2 Å². The number of nitriles is 1. The highest BCUT2D eigenvalue weighted by atomic mass is 32.1. The van der Waals surface area contributed by atoms with Gasteiger partial charge < -0.3 is 5.73 Å². The van der Waals surface area contributed by atoms with Gasteiger partial charge in [0.15, 0.2) is 0 Å². The highest BCUT2D eigenvalue weighted by Gasteiger charge is 2.18. The lowest BCUT2D eigenvalue weighted by atomic mass is 10.2. The number of hydrogen-bond acceptors (Lipinski definition) is 5. The first-order valence-electron chi connectivity index (χ1n) is 6.30. The molecule has 0 saturated carbocycles. The second-order valence-corrected chi connectivity index (χ2v) is 5.49. The number of nitrogen functional groups attached to an aromatic ring is 1. The lowest BCUT2D eigenvalue weighted by Crippen LogP contribution is -2.03. The van der Waals surface area contributed by atoms with Crippen LogP contribution >= 0.6 is 11.3 Å². The lowest BCUT2D eigenvalue weighted by Gasteiger charge is -2.08. The zero-order valence-electron chi connectivity index (χ0n) is 10.8. The number of rotatable bonds is 1. The van der Waals surface area contributed by atoms with Crippen LogP contribution in [0.2, 0.25) is 0 Å². The van der Waals surface area contributed by atoms with Gasteiger partial charge in [-0.1, -0.05) is 18.2 Å². The summed E-state index contributed by atoms with van der Waals surface area (Å²) in [7, 11) is 0. The number of hydrogen-bond donors (Lipinski definition) is 1. The molecule has 2 N–H and O–H groups in total. The first kappa shape index (κ1) is 11.9. The summed E-state index contributed by atoms with van der Waals surface area (Å²) in [4.78, 5) is 9.72. The van der Waals surface area contributed by atoms with Crippen molar-refractivity contribution in [3.8, 4) is 16.6 Å². The maximum Gasteiger partial charge on any atom is 0.237 e. The molecule has 3 aromatic heterocycles. The molecule has 0 unspecified atom stereocenters. The van der Waals surface area contributed by atoms with Crippen molar-refractivity contribution in [1.29, 1.82) is 5.26 Å². The van der Waals surface area contributed by atoms with E-state index in [1.807, 2.05) is 46.2 Å². The fourth-order valence-electron chi connectivity index (χ4n) is 2.46. The molecule has 0 aliphatic heterocycles. The zero-order valence-corrected chi connectivity index (χ0v) is 11.6. The van der Waals surface area contributed by atoms with Gasteiger partial charge in [0.05, 0.1) is 21.6 Å². The molecule has 0 aliphatic rings. The summed E-state index contributed by atoms with van der Waals surface area (Å²) in [5.41, 5.74) is 8.83. The minimum Gasteiger partial charge on any atom is -0.382 e. The average molecular weight is 291 g/mol. The quantitative estimate of drug-likeness (QED) is 0.584. The molecule has 0 saturated heterocycles. The predicted octanol–water partition coefficient (Wildman–Crippen LogP) is 3.06. The van der Waals surface area contributed by atoms with Gasteiger partial charge in [-0.3, -0.25) is 4.40 Å². The third-order valence-electron chi connectivity index (χ3n) is 3.35. The van der Waals surface area contributed by atoms with Crippen LogP contribution in [0.15, 0.2) is 41.8 Å². The summed E-state index contributed by atoms with van der Waals surface area (Å²) in [6.45, 7) is 0. The lowest BCUT2D eigenvalue weighted by molar-refractivity contribution is 1.14. The molecule has 6 heteroatoms. The molecule has 3 heterocycles. The number of thiophene rings is 1. The maximum atomic E-state index is 9.47. The number of benzene rings is 1. The Morgan fingerprint density at radius 2 is 2.00 bits per heavy atom. The van der Waals surface area contributed by atoms with Crippen LogP contribution in [0.5, 0.6) is 0 Å². The Bertz CT molecular complexity index is 1010. The molecule has 1 aromatic carbocycles. The number of aromatic nitrogens is 3. The summed E-state index contributed by atoms with van der Waals surface area (Å²) >= 11 is 1.56. The van der Waals surface area contributed by atoms with E-state index in [4.69, 9.17) is 5.73 Å². The first-order chi connectivity index (χ1) is 10.3. The van der Waals surface area contributed by atoms with Crippen LogP contribution in [0.1, 0.15) is 5.56 Å². The smallest absolute Gasteiger partial charge is 0.237 e. The van der Waals surface area contributed by atoms with Crippen molar-refractivity contribution in [3.63, 3.8) is 0 Å². The largest absolute Gasteiger partial charge is 0.382 e. The molecule has 0 amide bonds. The van der Waals surface area contributed by atoms with Crippen LogP contribution in [0.3, 0.4) is 0 Å². The number of nitrogens with two attached hydrogens (primary N) is 1. The van der Waals surface area contributed by atoms with Gasteiger partial charge in [0.25, 0.3) is 0 Å². The number of para-hydroxylation sites is 2. The second kappa shape index (κ2) is 4.30. The molecule has 0 spiro atoms. The van der Waals surface area contributed by atoms with Crippen molar-refractivity contribution in [2.75, 3.05) is 5.73 Å². The second-order valence-electron chi connectivity index (χ2n) is 4.55. The standard InChI is InChI=1S/C15H9N5S/c16-8-9-13(12-6-3-7-21-12)20-11-5-2-1-4-10(11)18-15(20)19-14(9)17/h1-7H,(H2,17,18,19). The number of imidazole rings is 1. The Hall–Kier alpha value is -2.91. The van der Waals surface area contributed by atoms with Crippen molar-refractivity contribution < 1.29 is 0 Å². The summed E-state index contributed by atoms with van der Waals surface area (Å²) in [5, 5.41) is 11.4. The third kappa shape index (κ3) is 1.61. The van der Waals surface area contributed by atoms with Crippen LogP contribution in [-0.2, 0) is 0 Å². The van der Waals surface area contributed by atoms with E-state index in [2.05, 4.69) is 16.0 Å². The van der Waals surface area contributed by atoms with E-state index in [1.54, 1.807) is 11.3 Å². The van der Waals surface area contributed by atoms with E-state index in [-0.39, 0.29) is 5.82 Å². The highest BCUT2D eigenvalue weighted by Crippen LogP contribution is 2.33. The monoisotopic (exact) mass is 291 g/mol. The molecule has 21 heavy (non-hydrogen) atoms. The van der Waals surface area contributed by atoms with Gasteiger partial charge in [0.1, 0.15) is 17.5 Å². The van der Waals surface area contributed by atoms with Gasteiger partial charge in [-0.25, -0.2) is 4.98 Å². The SMILES string of the molecule is N#Cc1c(N)nc2nc3ccccc3n2c1-c1cccs1. The molecule has 0 fully saturated rings. The van der Waals surface area contributed by atoms with Crippen LogP contribution < -0.4 is 5.73 Å². The van der Waals surface area contributed by atoms with E-state index in [9.17, 15) is 5.26 Å². The minimum absolute atomic E-state index is 0.212. The van der Waals surface area contributed by atoms with Crippen LogP contribution in [0.25, 0.3) is 27.4 Å². The Balaban J connectivity index is 2.29. The fourth-order valence-corrected chi connectivity index (χ4v) is 3.23. The zero-order chi connectivity index (χ0) is 14.4. The van der Waals surface area contributed by atoms with Gasteiger partial charge in [-0.05, 0) is 23.6 Å². The summed E-state index contributed by atoms with van der Waals surface area (Å²) in [6, 6.07) is 13.8. The van der Waals surface area contributed by atoms with E-state index < -0.39 is 0 Å². The van der Waals surface area contributed by atoms with Crippen molar-refractivity contribution in [2.45, 2.75) is 0 Å². The Kier molecular flexibility index (Phi) is 2.43. The van der Waals surface area contributed by atoms with Crippen LogP contribution in [-0.4, -0.2) is 14.4 Å². The Labute approximate surface area is 123 Å². The topological polar surface area (TPSA) is 80.0 Å². The van der Waals surface area contributed by atoms with Crippen molar-refractivity contribution in [1.82, 2.24) is 14.4 Å². The van der Waals surface area contributed by atoms with Crippen molar-refractivity contribution in [2.24, 2.45) is 0 Å². The summed E-state index contributed by atoms with van der Waals surface area (Å²) < 4.78 is 1.90. The van der Waals surface area contributed by atoms with Gasteiger partial charge >= 0.3 is 0 Å². The van der Waals surface area contributed by atoms with Gasteiger partial charge in [0.2, 0.25) is 5.78 Å². The normalized spacial score (nSPS) is 11.0. The molecular weight excluding hydrogens is 282 g/mol. The van der Waals surface area contributed by atoms with Gasteiger partial charge in [-0.15, -0.1) is 11.3 Å². The van der Waals surface area contributed by atoms with Gasteiger partial charge in [0, 0.05) is 0 Å². The minimum atomic E-state index is 0.212. The number of nitrogens with zero attached hydrogens (tertiary/aromatic N) is 4. The molecule has 4 rings (SSSR count). The molecule has 0 bridgehead atoms. The van der Waals surface area contributed by atoms with E-state index in [1.165, 1.54) is 0 Å². The Morgan fingerprint density at radius 3 is 2.76 bits per heavy atom. The van der Waals surface area contributed by atoms with E-state index >= 15 is 0 Å².